The summed E-state index contributed by atoms with van der Waals surface area (Å²) in [5.41, 5.74) is 1.29. The fourth-order valence-electron chi connectivity index (χ4n) is 2.63. The van der Waals surface area contributed by atoms with Gasteiger partial charge in [0.15, 0.2) is 0 Å². The molecule has 1 aliphatic heterocycles. The molecule has 104 valence electrons. The number of amides is 1. The second-order valence-corrected chi connectivity index (χ2v) is 5.01. The van der Waals surface area contributed by atoms with Crippen LogP contribution < -0.4 is 0 Å². The van der Waals surface area contributed by atoms with E-state index in [1.807, 2.05) is 6.07 Å². The average Bonchev–Trinajstić information content (AvgIpc) is 2.90. The minimum Gasteiger partial charge on any atom is -0.481 e. The van der Waals surface area contributed by atoms with Crippen molar-refractivity contribution in [2.24, 2.45) is 5.92 Å². The number of aliphatic carboxylic acids is 1. The van der Waals surface area contributed by atoms with Gasteiger partial charge in [-0.15, -0.1) is 0 Å². The number of carboxylic acid groups (broad SMARTS) is 1. The average molecular weight is 273 g/mol. The van der Waals surface area contributed by atoms with Gasteiger partial charge in [-0.3, -0.25) is 9.59 Å². The van der Waals surface area contributed by atoms with E-state index in [9.17, 15) is 9.59 Å². The van der Waals surface area contributed by atoms with E-state index < -0.39 is 5.97 Å². The third-order valence-corrected chi connectivity index (χ3v) is 3.81. The summed E-state index contributed by atoms with van der Waals surface area (Å²) in [7, 11) is 0. The molecule has 3 heterocycles. The van der Waals surface area contributed by atoms with Gasteiger partial charge in [-0.2, -0.15) is 0 Å². The van der Waals surface area contributed by atoms with Crippen molar-refractivity contribution < 1.29 is 14.7 Å². The monoisotopic (exact) mass is 273 g/mol. The third-order valence-electron chi connectivity index (χ3n) is 3.81. The molecule has 0 unspecified atom stereocenters. The van der Waals surface area contributed by atoms with Gasteiger partial charge in [-0.05, 0) is 25.0 Å². The standard InChI is InChI=1S/C14H15N3O3/c18-13(17-6-3-9(4-7-17)14(19)20)11-8-16-12-10(11)2-1-5-15-12/h1-2,5,8-9H,3-4,6-7H2,(H,15,16)(H,19,20). The van der Waals surface area contributed by atoms with Crippen LogP contribution in [0.2, 0.25) is 0 Å². The van der Waals surface area contributed by atoms with Crippen molar-refractivity contribution in [3.8, 4) is 0 Å². The zero-order valence-corrected chi connectivity index (χ0v) is 10.9. The van der Waals surface area contributed by atoms with Crippen molar-refractivity contribution in [3.63, 3.8) is 0 Å². The van der Waals surface area contributed by atoms with E-state index in [1.165, 1.54) is 0 Å². The smallest absolute Gasteiger partial charge is 0.306 e. The lowest BCUT2D eigenvalue weighted by Crippen LogP contribution is -2.40. The number of carboxylic acids is 1. The second kappa shape index (κ2) is 4.96. The van der Waals surface area contributed by atoms with Gasteiger partial charge in [-0.25, -0.2) is 4.98 Å². The number of fused-ring (bicyclic) bond motifs is 1. The third kappa shape index (κ3) is 2.13. The molecule has 0 spiro atoms. The Bertz CT molecular complexity index is 656. The van der Waals surface area contributed by atoms with E-state index in [0.717, 1.165) is 5.39 Å². The zero-order valence-electron chi connectivity index (χ0n) is 10.9. The molecule has 0 atom stereocenters. The molecule has 2 N–H and O–H groups in total. The number of nitrogens with one attached hydrogen (secondary N) is 1. The van der Waals surface area contributed by atoms with Crippen molar-refractivity contribution in [3.05, 3.63) is 30.1 Å². The maximum atomic E-state index is 12.5. The molecule has 3 rings (SSSR count). The van der Waals surface area contributed by atoms with Gasteiger partial charge in [0.25, 0.3) is 5.91 Å². The lowest BCUT2D eigenvalue weighted by atomic mass is 9.96. The van der Waals surface area contributed by atoms with Crippen LogP contribution in [-0.2, 0) is 4.79 Å². The topological polar surface area (TPSA) is 86.3 Å². The SMILES string of the molecule is O=C(O)C1CCN(C(=O)c2c[nH]c3ncccc23)CC1. The van der Waals surface area contributed by atoms with Crippen molar-refractivity contribution in [1.82, 2.24) is 14.9 Å². The molecule has 0 saturated carbocycles. The van der Waals surface area contributed by atoms with E-state index in [4.69, 9.17) is 5.11 Å². The Hall–Kier alpha value is -2.37. The van der Waals surface area contributed by atoms with Crippen LogP contribution in [0.3, 0.4) is 0 Å². The Balaban J connectivity index is 1.78. The van der Waals surface area contributed by atoms with Gasteiger partial charge < -0.3 is 15.0 Å². The molecule has 1 amide bonds. The number of nitrogens with zero attached hydrogens (tertiary/aromatic N) is 2. The molecule has 2 aromatic rings. The van der Waals surface area contributed by atoms with Crippen molar-refractivity contribution >= 4 is 22.9 Å². The Kier molecular flexibility index (Phi) is 3.14. The van der Waals surface area contributed by atoms with Crippen LogP contribution in [0.4, 0.5) is 0 Å². The van der Waals surface area contributed by atoms with Crippen LogP contribution in [0.15, 0.2) is 24.5 Å². The highest BCUT2D eigenvalue weighted by molar-refractivity contribution is 6.05. The number of aromatic amines is 1. The van der Waals surface area contributed by atoms with Gasteiger partial charge in [0.1, 0.15) is 5.65 Å². The van der Waals surface area contributed by atoms with Crippen LogP contribution in [0, 0.1) is 5.92 Å². The molecular weight excluding hydrogens is 258 g/mol. The molecule has 20 heavy (non-hydrogen) atoms. The fourth-order valence-corrected chi connectivity index (χ4v) is 2.63. The second-order valence-electron chi connectivity index (χ2n) is 5.01. The van der Waals surface area contributed by atoms with Crippen molar-refractivity contribution in [2.75, 3.05) is 13.1 Å². The minimum atomic E-state index is -0.770. The molecule has 0 bridgehead atoms. The largest absolute Gasteiger partial charge is 0.481 e. The number of pyridine rings is 1. The van der Waals surface area contributed by atoms with E-state index in [0.29, 0.717) is 37.1 Å². The summed E-state index contributed by atoms with van der Waals surface area (Å²) < 4.78 is 0. The maximum absolute atomic E-state index is 12.5. The predicted octanol–water partition coefficient (Wildman–Crippen LogP) is 1.50. The van der Waals surface area contributed by atoms with Gasteiger partial charge in [-0.1, -0.05) is 0 Å². The minimum absolute atomic E-state index is 0.0620. The highest BCUT2D eigenvalue weighted by Gasteiger charge is 2.28. The maximum Gasteiger partial charge on any atom is 0.306 e. The molecule has 6 heteroatoms. The first-order valence-electron chi connectivity index (χ1n) is 6.61. The number of carbonyl (C=O) groups is 2. The summed E-state index contributed by atoms with van der Waals surface area (Å²) in [5.74, 6) is -1.16. The number of likely N-dealkylation sites (tertiary alicyclic amines) is 1. The Morgan fingerprint density at radius 1 is 1.35 bits per heavy atom. The first-order valence-corrected chi connectivity index (χ1v) is 6.61. The summed E-state index contributed by atoms with van der Waals surface area (Å²) in [5, 5.41) is 9.78. The highest BCUT2D eigenvalue weighted by Crippen LogP contribution is 2.22. The summed E-state index contributed by atoms with van der Waals surface area (Å²) in [6, 6.07) is 3.65. The number of aromatic nitrogens is 2. The molecule has 1 fully saturated rings. The van der Waals surface area contributed by atoms with Gasteiger partial charge in [0.05, 0.1) is 11.5 Å². The first-order chi connectivity index (χ1) is 9.66. The number of H-pyrrole nitrogens is 1. The van der Waals surface area contributed by atoms with Gasteiger partial charge in [0, 0.05) is 30.9 Å². The molecule has 1 aliphatic rings. The van der Waals surface area contributed by atoms with E-state index in [1.54, 1.807) is 23.4 Å². The van der Waals surface area contributed by atoms with Crippen molar-refractivity contribution in [1.29, 1.82) is 0 Å². The fraction of sp³-hybridized carbons (Fsp3) is 0.357. The van der Waals surface area contributed by atoms with E-state index in [2.05, 4.69) is 9.97 Å². The molecular formula is C14H15N3O3. The summed E-state index contributed by atoms with van der Waals surface area (Å²) in [4.78, 5) is 32.3. The zero-order chi connectivity index (χ0) is 14.1. The summed E-state index contributed by atoms with van der Waals surface area (Å²) in [6.07, 6.45) is 4.37. The van der Waals surface area contributed by atoms with Crippen LogP contribution >= 0.6 is 0 Å². The van der Waals surface area contributed by atoms with Crippen molar-refractivity contribution in [2.45, 2.75) is 12.8 Å². The van der Waals surface area contributed by atoms with Gasteiger partial charge in [0.2, 0.25) is 0 Å². The molecule has 1 saturated heterocycles. The molecule has 0 radical (unpaired) electrons. The normalized spacial score (nSPS) is 16.5. The predicted molar refractivity (Wildman–Crippen MR) is 72.4 cm³/mol. The lowest BCUT2D eigenvalue weighted by Gasteiger charge is -2.30. The molecule has 6 nitrogen and oxygen atoms in total. The number of hydrogen-bond acceptors (Lipinski definition) is 3. The number of rotatable bonds is 2. The first kappa shape index (κ1) is 12.7. The summed E-state index contributed by atoms with van der Waals surface area (Å²) >= 11 is 0. The van der Waals surface area contributed by atoms with E-state index >= 15 is 0 Å². The Labute approximate surface area is 115 Å². The van der Waals surface area contributed by atoms with Crippen LogP contribution in [0.5, 0.6) is 0 Å². The molecule has 0 aromatic carbocycles. The molecule has 2 aromatic heterocycles. The Morgan fingerprint density at radius 2 is 2.10 bits per heavy atom. The quantitative estimate of drug-likeness (QED) is 0.868. The molecule has 0 aliphatic carbocycles. The van der Waals surface area contributed by atoms with E-state index in [-0.39, 0.29) is 11.8 Å². The van der Waals surface area contributed by atoms with Gasteiger partial charge >= 0.3 is 5.97 Å². The highest BCUT2D eigenvalue weighted by atomic mass is 16.4. The number of piperidine rings is 1. The number of hydrogen-bond donors (Lipinski definition) is 2. The van der Waals surface area contributed by atoms with Crippen LogP contribution in [0.1, 0.15) is 23.2 Å². The Morgan fingerprint density at radius 3 is 2.80 bits per heavy atom. The lowest BCUT2D eigenvalue weighted by molar-refractivity contribution is -0.143. The van der Waals surface area contributed by atoms with Crippen LogP contribution in [0.25, 0.3) is 11.0 Å². The summed E-state index contributed by atoms with van der Waals surface area (Å²) in [6.45, 7) is 0.978. The van der Waals surface area contributed by atoms with Crippen LogP contribution in [-0.4, -0.2) is 44.9 Å². The number of carbonyl (C=O) groups excluding carboxylic acids is 1.